The van der Waals surface area contributed by atoms with Crippen molar-refractivity contribution < 1.29 is 27.0 Å². The standard InChI is InChI=1S/2C11H16ClN3OS.H2O4S/c2*1-16-10-3-2-8(6-9(10)12)7-17-5-4-15-11(13)14;1-5(2,3)4/h2*2-3,6H,4-5,7H2,1H3,(H4,13,14,15);(H2,1,2,3,4). The second-order valence-electron chi connectivity index (χ2n) is 7.10. The van der Waals surface area contributed by atoms with Gasteiger partial charge in [-0.3, -0.25) is 19.1 Å². The van der Waals surface area contributed by atoms with Crippen LogP contribution in [-0.4, -0.2) is 68.3 Å². The van der Waals surface area contributed by atoms with Gasteiger partial charge in [-0.05, 0) is 35.4 Å². The van der Waals surface area contributed by atoms with Gasteiger partial charge in [0.25, 0.3) is 0 Å². The summed E-state index contributed by atoms with van der Waals surface area (Å²) in [6, 6.07) is 11.6. The fourth-order valence-corrected chi connectivity index (χ4v) is 4.58. The number of thioether (sulfide) groups is 2. The van der Waals surface area contributed by atoms with E-state index in [0.717, 1.165) is 34.1 Å². The Morgan fingerprint density at radius 3 is 1.38 bits per heavy atom. The van der Waals surface area contributed by atoms with Crippen molar-refractivity contribution in [3.8, 4) is 11.5 Å². The summed E-state index contributed by atoms with van der Waals surface area (Å²) < 4.78 is 41.8. The van der Waals surface area contributed by atoms with E-state index in [-0.39, 0.29) is 11.9 Å². The van der Waals surface area contributed by atoms with Crippen LogP contribution in [0.4, 0.5) is 0 Å². The number of rotatable bonds is 12. The minimum Gasteiger partial charge on any atom is -0.495 e. The summed E-state index contributed by atoms with van der Waals surface area (Å²) in [6.45, 7) is 1.27. The summed E-state index contributed by atoms with van der Waals surface area (Å²) in [4.78, 5) is 7.81. The molecule has 0 unspecified atom stereocenters. The minimum absolute atomic E-state index is 0.137. The van der Waals surface area contributed by atoms with Gasteiger partial charge >= 0.3 is 10.4 Å². The Hall–Kier alpha value is -2.27. The van der Waals surface area contributed by atoms with Crippen LogP contribution in [0.1, 0.15) is 11.1 Å². The summed E-state index contributed by atoms with van der Waals surface area (Å²) in [5.74, 6) is 5.18. The van der Waals surface area contributed by atoms with Crippen LogP contribution in [0.3, 0.4) is 0 Å². The molecule has 39 heavy (non-hydrogen) atoms. The molecule has 12 nitrogen and oxygen atoms in total. The van der Waals surface area contributed by atoms with E-state index in [1.807, 2.05) is 36.4 Å². The first-order valence-electron chi connectivity index (χ1n) is 10.9. The second-order valence-corrected chi connectivity index (χ2v) is 11.0. The minimum atomic E-state index is -4.67. The Morgan fingerprint density at radius 1 is 0.795 bits per heavy atom. The average Bonchev–Trinajstić information content (AvgIpc) is 2.83. The van der Waals surface area contributed by atoms with Crippen molar-refractivity contribution in [1.29, 1.82) is 0 Å². The Bertz CT molecular complexity index is 1080. The zero-order valence-corrected chi connectivity index (χ0v) is 25.4. The van der Waals surface area contributed by atoms with Crippen molar-refractivity contribution in [2.24, 2.45) is 32.9 Å². The van der Waals surface area contributed by atoms with E-state index >= 15 is 0 Å². The monoisotopic (exact) mass is 644 g/mol. The van der Waals surface area contributed by atoms with E-state index in [9.17, 15) is 0 Å². The zero-order valence-electron chi connectivity index (χ0n) is 21.4. The molecule has 2 aromatic rings. The summed E-state index contributed by atoms with van der Waals surface area (Å²) in [6.07, 6.45) is 0. The number of methoxy groups -OCH3 is 2. The summed E-state index contributed by atoms with van der Waals surface area (Å²) >= 11 is 15.5. The molecule has 0 aromatic heterocycles. The van der Waals surface area contributed by atoms with Crippen LogP contribution in [0.25, 0.3) is 0 Å². The molecular weight excluding hydrogens is 611 g/mol. The number of halogens is 2. The SMILES string of the molecule is COc1ccc(CSCCN=C(N)N)cc1Cl.COc1ccc(CSCCN=C(N)N)cc1Cl.O=S(=O)(O)O. The molecule has 0 fully saturated rings. The molecule has 0 spiro atoms. The molecule has 0 radical (unpaired) electrons. The average molecular weight is 646 g/mol. The molecule has 0 saturated heterocycles. The van der Waals surface area contributed by atoms with Crippen LogP contribution in [0.2, 0.25) is 10.0 Å². The molecule has 220 valence electrons. The van der Waals surface area contributed by atoms with E-state index in [0.29, 0.717) is 34.6 Å². The number of benzene rings is 2. The fraction of sp³-hybridized carbons (Fsp3) is 0.364. The molecule has 0 bridgehead atoms. The third-order valence-electron chi connectivity index (χ3n) is 4.03. The molecule has 0 aliphatic heterocycles. The molecule has 0 atom stereocenters. The molecule has 0 saturated carbocycles. The molecular formula is C22H34Cl2N6O6S3. The maximum atomic E-state index is 8.74. The number of guanidine groups is 2. The van der Waals surface area contributed by atoms with Crippen molar-refractivity contribution in [1.82, 2.24) is 0 Å². The first kappa shape index (κ1) is 36.7. The van der Waals surface area contributed by atoms with Gasteiger partial charge in [0, 0.05) is 23.0 Å². The van der Waals surface area contributed by atoms with Crippen molar-refractivity contribution in [3.05, 3.63) is 57.6 Å². The van der Waals surface area contributed by atoms with E-state index in [1.165, 1.54) is 0 Å². The van der Waals surface area contributed by atoms with Crippen LogP contribution in [-0.2, 0) is 21.9 Å². The number of ether oxygens (including phenoxy) is 2. The highest BCUT2D eigenvalue weighted by Gasteiger charge is 2.02. The third-order valence-corrected chi connectivity index (χ3v) is 6.64. The van der Waals surface area contributed by atoms with Gasteiger partial charge in [0.2, 0.25) is 0 Å². The quantitative estimate of drug-likeness (QED) is 0.0848. The predicted molar refractivity (Wildman–Crippen MR) is 164 cm³/mol. The number of hydrogen-bond donors (Lipinski definition) is 6. The summed E-state index contributed by atoms with van der Waals surface area (Å²) in [5.41, 5.74) is 23.2. The number of aliphatic imine (C=N–C) groups is 2. The lowest BCUT2D eigenvalue weighted by atomic mass is 10.2. The molecule has 2 aromatic carbocycles. The van der Waals surface area contributed by atoms with Crippen LogP contribution in [0.15, 0.2) is 46.4 Å². The first-order valence-corrected chi connectivity index (χ1v) is 15.3. The largest absolute Gasteiger partial charge is 0.495 e. The highest BCUT2D eigenvalue weighted by atomic mass is 35.5. The van der Waals surface area contributed by atoms with Crippen molar-refractivity contribution in [3.63, 3.8) is 0 Å². The molecule has 2 rings (SSSR count). The maximum absolute atomic E-state index is 8.74. The summed E-state index contributed by atoms with van der Waals surface area (Å²) in [7, 11) is -1.46. The van der Waals surface area contributed by atoms with Gasteiger partial charge in [-0.15, -0.1) is 0 Å². The fourth-order valence-electron chi connectivity index (χ4n) is 2.46. The highest BCUT2D eigenvalue weighted by molar-refractivity contribution is 7.98. The Balaban J connectivity index is 0.000000632. The Kier molecular flexibility index (Phi) is 19.4. The van der Waals surface area contributed by atoms with Gasteiger partial charge in [-0.2, -0.15) is 31.9 Å². The predicted octanol–water partition coefficient (Wildman–Crippen LogP) is 3.06. The summed E-state index contributed by atoms with van der Waals surface area (Å²) in [5, 5.41) is 1.27. The smallest absolute Gasteiger partial charge is 0.394 e. The first-order chi connectivity index (χ1) is 18.3. The van der Waals surface area contributed by atoms with Gasteiger partial charge in [0.15, 0.2) is 11.9 Å². The Morgan fingerprint density at radius 2 is 1.13 bits per heavy atom. The normalized spacial score (nSPS) is 10.2. The van der Waals surface area contributed by atoms with Crippen molar-refractivity contribution >= 4 is 69.0 Å². The van der Waals surface area contributed by atoms with Crippen LogP contribution in [0.5, 0.6) is 11.5 Å². The lowest BCUT2D eigenvalue weighted by Crippen LogP contribution is -2.23. The van der Waals surface area contributed by atoms with E-state index in [1.54, 1.807) is 37.7 Å². The van der Waals surface area contributed by atoms with Gasteiger partial charge < -0.3 is 32.4 Å². The van der Waals surface area contributed by atoms with Crippen molar-refractivity contribution in [2.45, 2.75) is 11.5 Å². The number of nitrogens with zero attached hydrogens (tertiary/aromatic N) is 2. The van der Waals surface area contributed by atoms with Gasteiger partial charge in [-0.25, -0.2) is 0 Å². The molecule has 17 heteroatoms. The van der Waals surface area contributed by atoms with Crippen LogP contribution >= 0.6 is 46.7 Å². The second kappa shape index (κ2) is 20.6. The van der Waals surface area contributed by atoms with Gasteiger partial charge in [0.1, 0.15) is 11.5 Å². The topological polar surface area (TPSA) is 222 Å². The Labute approximate surface area is 247 Å². The highest BCUT2D eigenvalue weighted by Crippen LogP contribution is 2.27. The van der Waals surface area contributed by atoms with Gasteiger partial charge in [0.05, 0.1) is 37.4 Å². The molecule has 0 aliphatic rings. The number of hydrogen-bond acceptors (Lipinski definition) is 8. The molecule has 10 N–H and O–H groups in total. The van der Waals surface area contributed by atoms with E-state index in [4.69, 9.17) is 73.1 Å². The van der Waals surface area contributed by atoms with Crippen LogP contribution in [0, 0.1) is 0 Å². The molecule has 0 heterocycles. The molecule has 0 amide bonds. The molecule has 0 aliphatic carbocycles. The maximum Gasteiger partial charge on any atom is 0.394 e. The van der Waals surface area contributed by atoms with E-state index < -0.39 is 10.4 Å². The van der Waals surface area contributed by atoms with Crippen LogP contribution < -0.4 is 32.4 Å². The zero-order chi connectivity index (χ0) is 29.8. The van der Waals surface area contributed by atoms with Crippen molar-refractivity contribution in [2.75, 3.05) is 38.8 Å². The lowest BCUT2D eigenvalue weighted by molar-refractivity contribution is 0.381. The van der Waals surface area contributed by atoms with E-state index in [2.05, 4.69) is 9.98 Å². The third kappa shape index (κ3) is 21.3. The number of nitrogens with two attached hydrogens (primary N) is 4. The van der Waals surface area contributed by atoms with Gasteiger partial charge in [-0.1, -0.05) is 35.3 Å². The lowest BCUT2D eigenvalue weighted by Gasteiger charge is -2.05.